The summed E-state index contributed by atoms with van der Waals surface area (Å²) < 4.78 is 33.0. The molecule has 0 spiro atoms. The van der Waals surface area contributed by atoms with Crippen LogP contribution in [0.4, 0.5) is 5.69 Å². The molecular weight excluding hydrogens is 404 g/mol. The Morgan fingerprint density at radius 2 is 2.11 bits per heavy atom. The molecule has 3 heterocycles. The lowest BCUT2D eigenvalue weighted by atomic mass is 10.00. The number of benzene rings is 1. The topological polar surface area (TPSA) is 119 Å². The minimum atomic E-state index is -3.85. The van der Waals surface area contributed by atoms with Crippen molar-refractivity contribution in [2.45, 2.75) is 23.7 Å². The molecule has 0 bridgehead atoms. The first-order valence-corrected chi connectivity index (χ1v) is 10.9. The van der Waals surface area contributed by atoms with Crippen LogP contribution < -0.4 is 0 Å². The van der Waals surface area contributed by atoms with E-state index in [1.807, 2.05) is 17.5 Å². The number of nitrogens with zero attached hydrogens (tertiary/aromatic N) is 4. The van der Waals surface area contributed by atoms with E-state index in [4.69, 9.17) is 4.42 Å². The zero-order valence-electron chi connectivity index (χ0n) is 14.6. The molecule has 1 unspecified atom stereocenters. The highest BCUT2D eigenvalue weighted by atomic mass is 32.2. The highest BCUT2D eigenvalue weighted by Crippen LogP contribution is 2.32. The number of nitro benzene ring substituents is 1. The molecule has 1 saturated heterocycles. The SMILES string of the molecule is O=[N+]([O-])c1cccc(S(=O)(=O)N2CCCC(c3nnc(-c4cccs4)o3)C2)c1. The number of nitro groups is 1. The number of aromatic nitrogens is 2. The number of piperidine rings is 1. The zero-order chi connectivity index (χ0) is 19.7. The van der Waals surface area contributed by atoms with E-state index >= 15 is 0 Å². The zero-order valence-corrected chi connectivity index (χ0v) is 16.2. The summed E-state index contributed by atoms with van der Waals surface area (Å²) >= 11 is 1.48. The van der Waals surface area contributed by atoms with Gasteiger partial charge in [0.25, 0.3) is 11.6 Å². The van der Waals surface area contributed by atoms with Crippen LogP contribution in [0.3, 0.4) is 0 Å². The van der Waals surface area contributed by atoms with Crippen LogP contribution in [0.1, 0.15) is 24.7 Å². The molecule has 1 atom stereocenters. The van der Waals surface area contributed by atoms with Gasteiger partial charge in [0.05, 0.1) is 20.6 Å². The molecule has 0 N–H and O–H groups in total. The first-order valence-electron chi connectivity index (χ1n) is 8.57. The highest BCUT2D eigenvalue weighted by Gasteiger charge is 2.34. The van der Waals surface area contributed by atoms with Crippen LogP contribution in [0.15, 0.2) is 51.1 Å². The molecule has 9 nitrogen and oxygen atoms in total. The lowest BCUT2D eigenvalue weighted by Crippen LogP contribution is -2.39. The number of non-ortho nitro benzene ring substituents is 1. The predicted molar refractivity (Wildman–Crippen MR) is 101 cm³/mol. The first kappa shape index (κ1) is 18.7. The average Bonchev–Trinajstić information content (AvgIpc) is 3.40. The lowest BCUT2D eigenvalue weighted by molar-refractivity contribution is -0.385. The largest absolute Gasteiger partial charge is 0.420 e. The van der Waals surface area contributed by atoms with Crippen molar-refractivity contribution in [3.8, 4) is 10.8 Å². The molecule has 2 aromatic heterocycles. The second-order valence-electron chi connectivity index (χ2n) is 6.38. The van der Waals surface area contributed by atoms with E-state index in [-0.39, 0.29) is 23.0 Å². The molecule has 11 heteroatoms. The molecule has 1 aliphatic heterocycles. The van der Waals surface area contributed by atoms with Gasteiger partial charge in [-0.25, -0.2) is 8.42 Å². The summed E-state index contributed by atoms with van der Waals surface area (Å²) in [5, 5.41) is 21.0. The van der Waals surface area contributed by atoms with Gasteiger partial charge in [0.15, 0.2) is 0 Å². The van der Waals surface area contributed by atoms with Crippen molar-refractivity contribution in [3.63, 3.8) is 0 Å². The van der Waals surface area contributed by atoms with Gasteiger partial charge >= 0.3 is 0 Å². The summed E-state index contributed by atoms with van der Waals surface area (Å²) in [6, 6.07) is 8.86. The summed E-state index contributed by atoms with van der Waals surface area (Å²) in [6.07, 6.45) is 1.36. The van der Waals surface area contributed by atoms with Crippen molar-refractivity contribution in [2.75, 3.05) is 13.1 Å². The predicted octanol–water partition coefficient (Wildman–Crippen LogP) is 3.27. The summed E-state index contributed by atoms with van der Waals surface area (Å²) in [6.45, 7) is 0.532. The van der Waals surface area contributed by atoms with Gasteiger partial charge in [-0.1, -0.05) is 12.1 Å². The Bertz CT molecular complexity index is 1090. The number of sulfonamides is 1. The fraction of sp³-hybridized carbons (Fsp3) is 0.294. The van der Waals surface area contributed by atoms with E-state index in [1.54, 1.807) is 0 Å². The van der Waals surface area contributed by atoms with Crippen LogP contribution in [0.2, 0.25) is 0 Å². The van der Waals surface area contributed by atoms with Crippen LogP contribution in [0, 0.1) is 10.1 Å². The van der Waals surface area contributed by atoms with Crippen molar-refractivity contribution in [2.24, 2.45) is 0 Å². The van der Waals surface area contributed by atoms with Crippen LogP contribution in [0.5, 0.6) is 0 Å². The van der Waals surface area contributed by atoms with Crippen molar-refractivity contribution in [3.05, 3.63) is 57.8 Å². The summed E-state index contributed by atoms with van der Waals surface area (Å²) in [5.74, 6) is 0.606. The molecule has 3 aromatic rings. The molecule has 0 amide bonds. The standard InChI is InChI=1S/C17H16N4O5S2/c22-21(23)13-5-1-6-14(10-13)28(24,25)20-8-2-4-12(11-20)16-18-19-17(26-16)15-7-3-9-27-15/h1,3,5-7,9-10,12H,2,4,8,11H2. The average molecular weight is 420 g/mol. The van der Waals surface area contributed by atoms with Crippen molar-refractivity contribution in [1.29, 1.82) is 0 Å². The molecule has 1 aliphatic rings. The number of hydrogen-bond donors (Lipinski definition) is 0. The van der Waals surface area contributed by atoms with Crippen molar-refractivity contribution < 1.29 is 17.8 Å². The lowest BCUT2D eigenvalue weighted by Gasteiger charge is -2.30. The molecule has 28 heavy (non-hydrogen) atoms. The Kier molecular flexibility index (Phi) is 4.96. The van der Waals surface area contributed by atoms with Crippen LogP contribution >= 0.6 is 11.3 Å². The Hall–Kier alpha value is -2.63. The molecule has 0 radical (unpaired) electrons. The molecule has 4 rings (SSSR count). The molecular formula is C17H16N4O5S2. The van der Waals surface area contributed by atoms with Crippen LogP contribution in [0.25, 0.3) is 10.8 Å². The van der Waals surface area contributed by atoms with Gasteiger partial charge in [-0.2, -0.15) is 4.31 Å². The number of thiophene rings is 1. The maximum Gasteiger partial charge on any atom is 0.270 e. The van der Waals surface area contributed by atoms with Gasteiger partial charge in [0.2, 0.25) is 15.9 Å². The van der Waals surface area contributed by atoms with Crippen LogP contribution in [-0.4, -0.2) is 40.9 Å². The second-order valence-corrected chi connectivity index (χ2v) is 9.27. The third-order valence-corrected chi connectivity index (χ3v) is 7.29. The third kappa shape index (κ3) is 3.55. The van der Waals surface area contributed by atoms with Crippen molar-refractivity contribution >= 4 is 27.0 Å². The molecule has 146 valence electrons. The maximum atomic E-state index is 13.0. The number of rotatable bonds is 5. The van der Waals surface area contributed by atoms with Crippen molar-refractivity contribution in [1.82, 2.24) is 14.5 Å². The molecule has 0 saturated carbocycles. The smallest absolute Gasteiger partial charge is 0.270 e. The maximum absolute atomic E-state index is 13.0. The Morgan fingerprint density at radius 3 is 2.86 bits per heavy atom. The quantitative estimate of drug-likeness (QED) is 0.459. The highest BCUT2D eigenvalue weighted by molar-refractivity contribution is 7.89. The van der Waals surface area contributed by atoms with E-state index in [0.717, 1.165) is 17.4 Å². The number of hydrogen-bond acceptors (Lipinski definition) is 8. The van der Waals surface area contributed by atoms with E-state index in [1.165, 1.54) is 33.8 Å². The molecule has 0 aliphatic carbocycles. The van der Waals surface area contributed by atoms with E-state index < -0.39 is 14.9 Å². The fourth-order valence-corrected chi connectivity index (χ4v) is 5.38. The van der Waals surface area contributed by atoms with Gasteiger partial charge in [0, 0.05) is 25.2 Å². The Morgan fingerprint density at radius 1 is 1.25 bits per heavy atom. The summed E-state index contributed by atoms with van der Waals surface area (Å²) in [4.78, 5) is 11.1. The van der Waals surface area contributed by atoms with Gasteiger partial charge < -0.3 is 4.42 Å². The first-order chi connectivity index (χ1) is 13.4. The van der Waals surface area contributed by atoms with E-state index in [9.17, 15) is 18.5 Å². The van der Waals surface area contributed by atoms with Gasteiger partial charge in [-0.05, 0) is 30.4 Å². The summed E-state index contributed by atoms with van der Waals surface area (Å²) in [5.41, 5.74) is -0.257. The minimum absolute atomic E-state index is 0.0906. The normalized spacial score (nSPS) is 18.2. The molecule has 1 fully saturated rings. The van der Waals surface area contributed by atoms with E-state index in [2.05, 4.69) is 10.2 Å². The van der Waals surface area contributed by atoms with Gasteiger partial charge in [0.1, 0.15) is 0 Å². The summed E-state index contributed by atoms with van der Waals surface area (Å²) in [7, 11) is -3.85. The third-order valence-electron chi connectivity index (χ3n) is 4.57. The van der Waals surface area contributed by atoms with E-state index in [0.29, 0.717) is 24.7 Å². The Balaban J connectivity index is 1.56. The Labute approximate surface area is 164 Å². The van der Waals surface area contributed by atoms with Gasteiger partial charge in [-0.3, -0.25) is 10.1 Å². The monoisotopic (exact) mass is 420 g/mol. The minimum Gasteiger partial charge on any atom is -0.420 e. The molecule has 1 aromatic carbocycles. The van der Waals surface area contributed by atoms with Gasteiger partial charge in [-0.15, -0.1) is 21.5 Å². The van der Waals surface area contributed by atoms with Crippen LogP contribution in [-0.2, 0) is 10.0 Å². The fourth-order valence-electron chi connectivity index (χ4n) is 3.17. The second kappa shape index (κ2) is 7.41.